The SMILES string of the molecule is CC/C=C/C/C=C/C/C=C/CCCCCCCC(=O)OC[C@@H](CO[C@H]1O[C@@H](CO)[C@@H](O)C(O)C1O)OC(=O)CCCCCCCCCCCCCC. The van der Waals surface area contributed by atoms with Crippen molar-refractivity contribution in [2.24, 2.45) is 0 Å². The van der Waals surface area contributed by atoms with Crippen LogP contribution in [0.25, 0.3) is 0 Å². The minimum atomic E-state index is -1.60. The van der Waals surface area contributed by atoms with Crippen LogP contribution in [0.5, 0.6) is 0 Å². The third-order valence-electron chi connectivity index (χ3n) is 9.29. The Hall–Kier alpha value is -2.08. The lowest BCUT2D eigenvalue weighted by Gasteiger charge is -2.39. The Morgan fingerprint density at radius 1 is 0.615 bits per heavy atom. The lowest BCUT2D eigenvalue weighted by Crippen LogP contribution is -2.59. The van der Waals surface area contributed by atoms with Crippen LogP contribution < -0.4 is 0 Å². The third-order valence-corrected chi connectivity index (χ3v) is 9.29. The fraction of sp³-hybridized carbons (Fsp3) is 0.810. The predicted octanol–water partition coefficient (Wildman–Crippen LogP) is 7.94. The second-order valence-electron chi connectivity index (χ2n) is 14.1. The summed E-state index contributed by atoms with van der Waals surface area (Å²) in [6, 6.07) is 0. The molecule has 0 bridgehead atoms. The predicted molar refractivity (Wildman–Crippen MR) is 206 cm³/mol. The molecule has 1 aliphatic heterocycles. The molecule has 0 aliphatic carbocycles. The van der Waals surface area contributed by atoms with E-state index in [0.717, 1.165) is 70.6 Å². The molecule has 2 unspecified atom stereocenters. The van der Waals surface area contributed by atoms with Crippen molar-refractivity contribution in [1.29, 1.82) is 0 Å². The molecule has 1 aliphatic rings. The zero-order valence-corrected chi connectivity index (χ0v) is 32.6. The van der Waals surface area contributed by atoms with Crippen LogP contribution >= 0.6 is 0 Å². The Bertz CT molecular complexity index is 949. The van der Waals surface area contributed by atoms with Crippen molar-refractivity contribution < 1.29 is 49.0 Å². The van der Waals surface area contributed by atoms with E-state index in [2.05, 4.69) is 50.3 Å². The van der Waals surface area contributed by atoms with E-state index in [1.807, 2.05) is 0 Å². The van der Waals surface area contributed by atoms with Crippen LogP contribution in [0.3, 0.4) is 0 Å². The number of unbranched alkanes of at least 4 members (excludes halogenated alkanes) is 16. The summed E-state index contributed by atoms with van der Waals surface area (Å²) in [5, 5.41) is 40.0. The van der Waals surface area contributed by atoms with Gasteiger partial charge in [0.25, 0.3) is 0 Å². The van der Waals surface area contributed by atoms with Gasteiger partial charge in [0.05, 0.1) is 13.2 Å². The first kappa shape index (κ1) is 47.9. The average molecular weight is 739 g/mol. The van der Waals surface area contributed by atoms with E-state index in [-0.39, 0.29) is 26.1 Å². The van der Waals surface area contributed by atoms with Crippen molar-refractivity contribution in [3.63, 3.8) is 0 Å². The van der Waals surface area contributed by atoms with E-state index < -0.39 is 55.4 Å². The molecule has 10 heteroatoms. The molecule has 4 N–H and O–H groups in total. The topological polar surface area (TPSA) is 152 Å². The van der Waals surface area contributed by atoms with Crippen LogP contribution in [-0.4, -0.2) is 89.0 Å². The number of hydrogen-bond donors (Lipinski definition) is 4. The normalized spacial score (nSPS) is 21.4. The van der Waals surface area contributed by atoms with Crippen LogP contribution in [0.4, 0.5) is 0 Å². The summed E-state index contributed by atoms with van der Waals surface area (Å²) in [4.78, 5) is 25.2. The molecule has 52 heavy (non-hydrogen) atoms. The van der Waals surface area contributed by atoms with Crippen LogP contribution in [-0.2, 0) is 28.5 Å². The molecule has 0 saturated carbocycles. The van der Waals surface area contributed by atoms with E-state index in [1.165, 1.54) is 51.4 Å². The zero-order chi connectivity index (χ0) is 38.1. The highest BCUT2D eigenvalue weighted by molar-refractivity contribution is 5.70. The van der Waals surface area contributed by atoms with Gasteiger partial charge < -0.3 is 39.4 Å². The molecule has 0 spiro atoms. The third kappa shape index (κ3) is 25.0. The maximum Gasteiger partial charge on any atom is 0.306 e. The highest BCUT2D eigenvalue weighted by atomic mass is 16.7. The van der Waals surface area contributed by atoms with Crippen molar-refractivity contribution in [1.82, 2.24) is 0 Å². The zero-order valence-electron chi connectivity index (χ0n) is 32.6. The molecule has 10 nitrogen and oxygen atoms in total. The highest BCUT2D eigenvalue weighted by Gasteiger charge is 2.44. The first-order valence-electron chi connectivity index (χ1n) is 20.6. The Morgan fingerprint density at radius 3 is 1.71 bits per heavy atom. The maximum atomic E-state index is 12.7. The Labute approximate surface area is 315 Å². The second kappa shape index (κ2) is 33.5. The molecule has 1 saturated heterocycles. The molecule has 6 atom stereocenters. The standard InChI is InChI=1S/C42H74O10/c1-3-5-7-9-11-13-15-17-18-19-21-22-24-26-28-30-37(44)49-33-35(34-50-42-41(48)40(47)39(46)36(32-43)52-42)51-38(45)31-29-27-25-23-20-16-14-12-10-8-6-4-2/h5,7,11,13,17-18,35-36,39-43,46-48H,3-4,6,8-10,12,14-16,19-34H2,1-2H3/b7-5+,13-11+,18-17+/t35-,36-,39+,40?,41?,42-/m0/s1. The lowest BCUT2D eigenvalue weighted by atomic mass is 9.99. The summed E-state index contributed by atoms with van der Waals surface area (Å²) in [7, 11) is 0. The van der Waals surface area contributed by atoms with Crippen LogP contribution in [0.2, 0.25) is 0 Å². The number of rotatable bonds is 33. The summed E-state index contributed by atoms with van der Waals surface area (Å²) in [5.41, 5.74) is 0. The monoisotopic (exact) mass is 739 g/mol. The van der Waals surface area contributed by atoms with Gasteiger partial charge in [-0.3, -0.25) is 9.59 Å². The summed E-state index contributed by atoms with van der Waals surface area (Å²) < 4.78 is 22.1. The van der Waals surface area contributed by atoms with Gasteiger partial charge in [-0.2, -0.15) is 0 Å². The average Bonchev–Trinajstić information content (AvgIpc) is 3.14. The van der Waals surface area contributed by atoms with E-state index in [0.29, 0.717) is 12.8 Å². The quantitative estimate of drug-likeness (QED) is 0.0297. The number of esters is 2. The Balaban J connectivity index is 2.38. The molecule has 1 fully saturated rings. The van der Waals surface area contributed by atoms with E-state index in [4.69, 9.17) is 18.9 Å². The van der Waals surface area contributed by atoms with Gasteiger partial charge in [-0.25, -0.2) is 0 Å². The summed E-state index contributed by atoms with van der Waals surface area (Å²) in [6.07, 6.45) is 28.6. The van der Waals surface area contributed by atoms with Crippen molar-refractivity contribution in [3.05, 3.63) is 36.5 Å². The molecule has 0 aromatic rings. The molecule has 0 radical (unpaired) electrons. The van der Waals surface area contributed by atoms with E-state index in [1.54, 1.807) is 0 Å². The number of carbonyl (C=O) groups is 2. The van der Waals surface area contributed by atoms with Gasteiger partial charge >= 0.3 is 11.9 Å². The van der Waals surface area contributed by atoms with Crippen LogP contribution in [0, 0.1) is 0 Å². The number of aliphatic hydroxyl groups excluding tert-OH is 4. The van der Waals surface area contributed by atoms with Gasteiger partial charge in [0.2, 0.25) is 0 Å². The minimum Gasteiger partial charge on any atom is -0.462 e. The van der Waals surface area contributed by atoms with Gasteiger partial charge in [0.15, 0.2) is 12.4 Å². The van der Waals surface area contributed by atoms with Crippen LogP contribution in [0.1, 0.15) is 162 Å². The van der Waals surface area contributed by atoms with Crippen molar-refractivity contribution >= 4 is 11.9 Å². The number of aliphatic hydroxyl groups is 4. The smallest absolute Gasteiger partial charge is 0.306 e. The minimum absolute atomic E-state index is 0.225. The fourth-order valence-electron chi connectivity index (χ4n) is 6.03. The maximum absolute atomic E-state index is 12.7. The van der Waals surface area contributed by atoms with Crippen LogP contribution in [0.15, 0.2) is 36.5 Å². The van der Waals surface area contributed by atoms with Crippen molar-refractivity contribution in [2.45, 2.75) is 198 Å². The molecular formula is C42H74O10. The molecule has 302 valence electrons. The molecule has 0 aromatic carbocycles. The summed E-state index contributed by atoms with van der Waals surface area (Å²) >= 11 is 0. The molecule has 0 aromatic heterocycles. The molecular weight excluding hydrogens is 664 g/mol. The van der Waals surface area contributed by atoms with Crippen molar-refractivity contribution in [3.8, 4) is 0 Å². The number of allylic oxidation sites excluding steroid dienone is 6. The van der Waals surface area contributed by atoms with E-state index >= 15 is 0 Å². The Kier molecular flexibility index (Phi) is 30.9. The van der Waals surface area contributed by atoms with Gasteiger partial charge in [0.1, 0.15) is 31.0 Å². The second-order valence-corrected chi connectivity index (χ2v) is 14.1. The van der Waals surface area contributed by atoms with Gasteiger partial charge in [0, 0.05) is 12.8 Å². The highest BCUT2D eigenvalue weighted by Crippen LogP contribution is 2.22. The molecule has 1 rings (SSSR count). The van der Waals surface area contributed by atoms with E-state index in [9.17, 15) is 30.0 Å². The van der Waals surface area contributed by atoms with Crippen molar-refractivity contribution in [2.75, 3.05) is 19.8 Å². The number of ether oxygens (including phenoxy) is 4. The summed E-state index contributed by atoms with van der Waals surface area (Å²) in [5.74, 6) is -0.826. The largest absolute Gasteiger partial charge is 0.462 e. The number of hydrogen-bond acceptors (Lipinski definition) is 10. The van der Waals surface area contributed by atoms with Gasteiger partial charge in [-0.05, 0) is 44.9 Å². The number of carbonyl (C=O) groups excluding carboxylic acids is 2. The lowest BCUT2D eigenvalue weighted by molar-refractivity contribution is -0.305. The van der Waals surface area contributed by atoms with Gasteiger partial charge in [-0.15, -0.1) is 0 Å². The molecule has 1 heterocycles. The Morgan fingerprint density at radius 2 is 1.13 bits per heavy atom. The first-order chi connectivity index (χ1) is 25.3. The van der Waals surface area contributed by atoms with Gasteiger partial charge in [-0.1, -0.05) is 140 Å². The molecule has 0 amide bonds. The fourth-order valence-corrected chi connectivity index (χ4v) is 6.03. The summed E-state index contributed by atoms with van der Waals surface area (Å²) in [6.45, 7) is 3.28. The first-order valence-corrected chi connectivity index (χ1v) is 20.6.